The smallest absolute Gasteiger partial charge is 0.233 e. The standard InChI is InChI=1S/C14H20N2O2/c1-15-14(17)10-16-9-3-4-13(16)11-5-7-12(18-2)8-6-11/h5-8,13H,3-4,9-10H2,1-2H3,(H,15,17)/t13-/m1/s1. The van der Waals surface area contributed by atoms with Gasteiger partial charge in [0.2, 0.25) is 5.91 Å². The molecule has 0 spiro atoms. The SMILES string of the molecule is CNC(=O)CN1CCC[C@@H]1c1ccc(OC)cc1. The maximum Gasteiger partial charge on any atom is 0.233 e. The van der Waals surface area contributed by atoms with E-state index in [0.29, 0.717) is 12.6 Å². The van der Waals surface area contributed by atoms with E-state index in [0.717, 1.165) is 25.1 Å². The van der Waals surface area contributed by atoms with E-state index >= 15 is 0 Å². The van der Waals surface area contributed by atoms with Crippen molar-refractivity contribution in [2.45, 2.75) is 18.9 Å². The molecule has 4 nitrogen and oxygen atoms in total. The summed E-state index contributed by atoms with van der Waals surface area (Å²) in [5.41, 5.74) is 1.26. The van der Waals surface area contributed by atoms with Crippen molar-refractivity contribution in [2.24, 2.45) is 0 Å². The average molecular weight is 248 g/mol. The molecule has 2 rings (SSSR count). The average Bonchev–Trinajstić information content (AvgIpc) is 2.86. The van der Waals surface area contributed by atoms with Crippen molar-refractivity contribution < 1.29 is 9.53 Å². The van der Waals surface area contributed by atoms with E-state index in [2.05, 4.69) is 22.3 Å². The van der Waals surface area contributed by atoms with Gasteiger partial charge < -0.3 is 10.1 Å². The normalized spacial score (nSPS) is 19.8. The summed E-state index contributed by atoms with van der Waals surface area (Å²) in [6.07, 6.45) is 2.26. The summed E-state index contributed by atoms with van der Waals surface area (Å²) < 4.78 is 5.16. The quantitative estimate of drug-likeness (QED) is 0.879. The zero-order chi connectivity index (χ0) is 13.0. The number of amides is 1. The minimum atomic E-state index is 0.0791. The minimum Gasteiger partial charge on any atom is -0.497 e. The van der Waals surface area contributed by atoms with Gasteiger partial charge in [0.05, 0.1) is 13.7 Å². The third kappa shape index (κ3) is 2.82. The summed E-state index contributed by atoms with van der Waals surface area (Å²) in [6.45, 7) is 1.47. The first-order valence-corrected chi connectivity index (χ1v) is 6.33. The number of benzene rings is 1. The Morgan fingerprint density at radius 2 is 2.17 bits per heavy atom. The predicted molar refractivity (Wildman–Crippen MR) is 70.6 cm³/mol. The van der Waals surface area contributed by atoms with Gasteiger partial charge >= 0.3 is 0 Å². The first kappa shape index (κ1) is 12.9. The molecule has 0 aromatic heterocycles. The highest BCUT2D eigenvalue weighted by Crippen LogP contribution is 2.32. The number of carbonyl (C=O) groups is 1. The molecule has 0 radical (unpaired) electrons. The van der Waals surface area contributed by atoms with Gasteiger partial charge in [-0.15, -0.1) is 0 Å². The van der Waals surface area contributed by atoms with Gasteiger partial charge in [-0.05, 0) is 37.1 Å². The van der Waals surface area contributed by atoms with Crippen molar-refractivity contribution in [3.63, 3.8) is 0 Å². The molecule has 98 valence electrons. The van der Waals surface area contributed by atoms with Crippen molar-refractivity contribution in [1.29, 1.82) is 0 Å². The van der Waals surface area contributed by atoms with E-state index < -0.39 is 0 Å². The molecular formula is C14H20N2O2. The molecule has 1 amide bonds. The Bertz CT molecular complexity index is 403. The Morgan fingerprint density at radius 3 is 2.78 bits per heavy atom. The summed E-state index contributed by atoms with van der Waals surface area (Å²) >= 11 is 0. The lowest BCUT2D eigenvalue weighted by Gasteiger charge is -2.24. The number of hydrogen-bond acceptors (Lipinski definition) is 3. The molecule has 1 aliphatic rings. The first-order valence-electron chi connectivity index (χ1n) is 6.33. The molecule has 0 aliphatic carbocycles. The fourth-order valence-corrected chi connectivity index (χ4v) is 2.48. The van der Waals surface area contributed by atoms with Crippen LogP contribution in [0.5, 0.6) is 5.75 Å². The number of ether oxygens (including phenoxy) is 1. The molecule has 0 bridgehead atoms. The maximum absolute atomic E-state index is 11.5. The number of carbonyl (C=O) groups excluding carboxylic acids is 1. The van der Waals surface area contributed by atoms with Gasteiger partial charge in [0, 0.05) is 13.1 Å². The highest BCUT2D eigenvalue weighted by Gasteiger charge is 2.27. The molecule has 1 N–H and O–H groups in total. The van der Waals surface area contributed by atoms with Gasteiger partial charge in [0.15, 0.2) is 0 Å². The van der Waals surface area contributed by atoms with Crippen LogP contribution in [-0.2, 0) is 4.79 Å². The molecular weight excluding hydrogens is 228 g/mol. The highest BCUT2D eigenvalue weighted by molar-refractivity contribution is 5.77. The van der Waals surface area contributed by atoms with Crippen molar-refractivity contribution in [1.82, 2.24) is 10.2 Å². The van der Waals surface area contributed by atoms with Crippen LogP contribution in [0.25, 0.3) is 0 Å². The van der Waals surface area contributed by atoms with Gasteiger partial charge in [-0.3, -0.25) is 9.69 Å². The molecule has 1 heterocycles. The molecule has 4 heteroatoms. The van der Waals surface area contributed by atoms with Crippen LogP contribution in [0, 0.1) is 0 Å². The number of likely N-dealkylation sites (N-methyl/N-ethyl adjacent to an activating group) is 1. The number of hydrogen-bond donors (Lipinski definition) is 1. The van der Waals surface area contributed by atoms with Crippen LogP contribution in [-0.4, -0.2) is 38.1 Å². The Labute approximate surface area is 108 Å². The topological polar surface area (TPSA) is 41.6 Å². The fourth-order valence-electron chi connectivity index (χ4n) is 2.48. The first-order chi connectivity index (χ1) is 8.74. The molecule has 1 atom stereocenters. The molecule has 1 aromatic rings. The Morgan fingerprint density at radius 1 is 1.44 bits per heavy atom. The number of rotatable bonds is 4. The third-order valence-electron chi connectivity index (χ3n) is 3.49. The molecule has 1 aromatic carbocycles. The van der Waals surface area contributed by atoms with Gasteiger partial charge in [-0.1, -0.05) is 12.1 Å². The summed E-state index contributed by atoms with van der Waals surface area (Å²) in [5, 5.41) is 2.68. The van der Waals surface area contributed by atoms with Crippen LogP contribution in [0.15, 0.2) is 24.3 Å². The van der Waals surface area contributed by atoms with E-state index in [-0.39, 0.29) is 5.91 Å². The molecule has 1 aliphatic heterocycles. The van der Waals surface area contributed by atoms with Crippen molar-refractivity contribution >= 4 is 5.91 Å². The van der Waals surface area contributed by atoms with E-state index in [9.17, 15) is 4.79 Å². The Hall–Kier alpha value is -1.55. The van der Waals surface area contributed by atoms with Crippen LogP contribution >= 0.6 is 0 Å². The highest BCUT2D eigenvalue weighted by atomic mass is 16.5. The van der Waals surface area contributed by atoms with Gasteiger partial charge in [0.1, 0.15) is 5.75 Å². The number of methoxy groups -OCH3 is 1. The van der Waals surface area contributed by atoms with Crippen molar-refractivity contribution in [3.05, 3.63) is 29.8 Å². The lowest BCUT2D eigenvalue weighted by molar-refractivity contribution is -0.122. The predicted octanol–water partition coefficient (Wildman–Crippen LogP) is 1.58. The third-order valence-corrected chi connectivity index (χ3v) is 3.49. The van der Waals surface area contributed by atoms with Crippen molar-refractivity contribution in [3.8, 4) is 5.75 Å². The second-order valence-corrected chi connectivity index (χ2v) is 4.57. The van der Waals surface area contributed by atoms with E-state index in [1.807, 2.05) is 12.1 Å². The number of nitrogens with zero attached hydrogens (tertiary/aromatic N) is 1. The fraction of sp³-hybridized carbons (Fsp3) is 0.500. The maximum atomic E-state index is 11.5. The van der Waals surface area contributed by atoms with Gasteiger partial charge in [0.25, 0.3) is 0 Å². The van der Waals surface area contributed by atoms with E-state index in [1.165, 1.54) is 5.56 Å². The number of nitrogens with one attached hydrogen (secondary N) is 1. The molecule has 0 unspecified atom stereocenters. The van der Waals surface area contributed by atoms with Gasteiger partial charge in [-0.2, -0.15) is 0 Å². The number of likely N-dealkylation sites (tertiary alicyclic amines) is 1. The zero-order valence-corrected chi connectivity index (χ0v) is 11.0. The summed E-state index contributed by atoms with van der Waals surface area (Å²) in [7, 11) is 3.35. The lowest BCUT2D eigenvalue weighted by Crippen LogP contribution is -2.35. The van der Waals surface area contributed by atoms with Crippen LogP contribution < -0.4 is 10.1 Å². The monoisotopic (exact) mass is 248 g/mol. The van der Waals surface area contributed by atoms with Crippen LogP contribution in [0.1, 0.15) is 24.4 Å². The molecule has 1 fully saturated rings. The van der Waals surface area contributed by atoms with Crippen LogP contribution in [0.2, 0.25) is 0 Å². The Kier molecular flexibility index (Phi) is 4.20. The van der Waals surface area contributed by atoms with Gasteiger partial charge in [-0.25, -0.2) is 0 Å². The van der Waals surface area contributed by atoms with E-state index in [4.69, 9.17) is 4.74 Å². The minimum absolute atomic E-state index is 0.0791. The summed E-state index contributed by atoms with van der Waals surface area (Å²) in [5.74, 6) is 0.949. The summed E-state index contributed by atoms with van der Waals surface area (Å²) in [6, 6.07) is 8.49. The summed E-state index contributed by atoms with van der Waals surface area (Å²) in [4.78, 5) is 13.7. The second kappa shape index (κ2) is 5.87. The largest absolute Gasteiger partial charge is 0.497 e. The second-order valence-electron chi connectivity index (χ2n) is 4.57. The van der Waals surface area contributed by atoms with Crippen LogP contribution in [0.4, 0.5) is 0 Å². The molecule has 18 heavy (non-hydrogen) atoms. The van der Waals surface area contributed by atoms with Crippen molar-refractivity contribution in [2.75, 3.05) is 27.2 Å². The van der Waals surface area contributed by atoms with E-state index in [1.54, 1.807) is 14.2 Å². The molecule has 0 saturated carbocycles. The zero-order valence-electron chi connectivity index (χ0n) is 11.0. The Balaban J connectivity index is 2.07. The lowest BCUT2D eigenvalue weighted by atomic mass is 10.0. The molecule has 1 saturated heterocycles. The van der Waals surface area contributed by atoms with Crippen LogP contribution in [0.3, 0.4) is 0 Å².